The highest BCUT2D eigenvalue weighted by Crippen LogP contribution is 2.27. The molecule has 0 fully saturated rings. The fourth-order valence-corrected chi connectivity index (χ4v) is 2.65. The number of aromatic nitrogens is 1. The number of fused-ring (bicyclic) bond motifs is 1. The quantitative estimate of drug-likeness (QED) is 0.589. The minimum atomic E-state index is -1.22. The largest absolute Gasteiger partial charge is 0.477 e. The van der Waals surface area contributed by atoms with Crippen molar-refractivity contribution >= 4 is 22.9 Å². The van der Waals surface area contributed by atoms with Crippen LogP contribution in [0.2, 0.25) is 0 Å². The molecule has 23 heavy (non-hydrogen) atoms. The Morgan fingerprint density at radius 1 is 1.17 bits per heavy atom. The maximum atomic E-state index is 11.1. The Labute approximate surface area is 133 Å². The third kappa shape index (κ3) is 2.60. The number of carbonyl (C=O) groups is 1. The Morgan fingerprint density at radius 3 is 2.57 bits per heavy atom. The molecule has 4 nitrogen and oxygen atoms in total. The summed E-state index contributed by atoms with van der Waals surface area (Å²) in [6, 6.07) is 17.4. The molecule has 4 heteroatoms. The van der Waals surface area contributed by atoms with Gasteiger partial charge in [-0.05, 0) is 30.7 Å². The van der Waals surface area contributed by atoms with Crippen LogP contribution in [0.25, 0.3) is 22.7 Å². The summed E-state index contributed by atoms with van der Waals surface area (Å²) >= 11 is 0. The average Bonchev–Trinajstić information content (AvgIpc) is 2.91. The van der Waals surface area contributed by atoms with Gasteiger partial charge in [-0.15, -0.1) is 0 Å². The summed E-state index contributed by atoms with van der Waals surface area (Å²) in [6.07, 6.45) is 3.28. The van der Waals surface area contributed by atoms with Crippen molar-refractivity contribution in [1.82, 2.24) is 4.57 Å². The molecule has 0 unspecified atom stereocenters. The fourth-order valence-electron chi connectivity index (χ4n) is 2.65. The van der Waals surface area contributed by atoms with Gasteiger partial charge >= 0.3 is 5.97 Å². The van der Waals surface area contributed by atoms with E-state index in [0.717, 1.165) is 22.2 Å². The molecule has 0 spiro atoms. The maximum absolute atomic E-state index is 11.1. The summed E-state index contributed by atoms with van der Waals surface area (Å²) < 4.78 is 2.02. The predicted octanol–water partition coefficient (Wildman–Crippen LogP) is 3.93. The first-order valence-electron chi connectivity index (χ1n) is 7.13. The summed E-state index contributed by atoms with van der Waals surface area (Å²) in [6.45, 7) is 2.03. The second-order valence-corrected chi connectivity index (χ2v) is 5.23. The Kier molecular flexibility index (Phi) is 3.70. The molecule has 1 aromatic heterocycles. The number of aryl methyl sites for hydroxylation is 1. The summed E-state index contributed by atoms with van der Waals surface area (Å²) in [5.74, 6) is -1.22. The molecule has 0 aliphatic heterocycles. The summed E-state index contributed by atoms with van der Waals surface area (Å²) in [4.78, 5) is 11.1. The average molecular weight is 302 g/mol. The number of para-hydroxylation sites is 2. The van der Waals surface area contributed by atoms with Gasteiger partial charge < -0.3 is 9.67 Å². The number of carboxylic acid groups (broad SMARTS) is 1. The van der Waals surface area contributed by atoms with Crippen molar-refractivity contribution in [3.8, 4) is 11.8 Å². The van der Waals surface area contributed by atoms with Gasteiger partial charge in [-0.2, -0.15) is 5.26 Å². The molecule has 2 aromatic carbocycles. The van der Waals surface area contributed by atoms with E-state index in [1.165, 1.54) is 6.08 Å². The van der Waals surface area contributed by atoms with Crippen LogP contribution in [0.3, 0.4) is 0 Å². The van der Waals surface area contributed by atoms with Crippen molar-refractivity contribution in [2.24, 2.45) is 0 Å². The molecule has 3 aromatic rings. The molecule has 0 radical (unpaired) electrons. The Hall–Kier alpha value is -3.32. The first kappa shape index (κ1) is 14.6. The minimum absolute atomic E-state index is 0.280. The van der Waals surface area contributed by atoms with E-state index in [2.05, 4.69) is 0 Å². The molecule has 0 aliphatic carbocycles. The third-order valence-corrected chi connectivity index (χ3v) is 3.77. The molecule has 112 valence electrons. The van der Waals surface area contributed by atoms with Gasteiger partial charge in [-0.3, -0.25) is 0 Å². The molecular weight excluding hydrogens is 288 g/mol. The summed E-state index contributed by atoms with van der Waals surface area (Å²) in [7, 11) is 0. The van der Waals surface area contributed by atoms with Crippen molar-refractivity contribution in [3.05, 3.63) is 71.4 Å². The van der Waals surface area contributed by atoms with E-state index in [-0.39, 0.29) is 5.57 Å². The first-order chi connectivity index (χ1) is 11.1. The number of hydrogen-bond donors (Lipinski definition) is 1. The van der Waals surface area contributed by atoms with Gasteiger partial charge in [0.25, 0.3) is 0 Å². The maximum Gasteiger partial charge on any atom is 0.346 e. The summed E-state index contributed by atoms with van der Waals surface area (Å²) in [5.41, 5.74) is 3.54. The van der Waals surface area contributed by atoms with E-state index in [4.69, 9.17) is 10.4 Å². The second kappa shape index (κ2) is 5.82. The molecule has 3 rings (SSSR count). The number of aliphatic carboxylic acids is 1. The van der Waals surface area contributed by atoms with Gasteiger partial charge in [-0.1, -0.05) is 36.4 Å². The van der Waals surface area contributed by atoms with Crippen LogP contribution in [0.1, 0.15) is 11.1 Å². The van der Waals surface area contributed by atoms with Crippen molar-refractivity contribution in [2.45, 2.75) is 6.92 Å². The summed E-state index contributed by atoms with van der Waals surface area (Å²) in [5, 5.41) is 19.0. The van der Waals surface area contributed by atoms with Crippen LogP contribution in [0.4, 0.5) is 0 Å². The standard InChI is InChI=1S/C19H14N2O2/c1-13-6-2-4-8-17(13)21-12-15(10-14(11-20)19(22)23)16-7-3-5-9-18(16)21/h2-10,12H,1H3,(H,22,23)/b14-10+. The molecule has 0 saturated heterocycles. The molecule has 1 heterocycles. The van der Waals surface area contributed by atoms with E-state index >= 15 is 0 Å². The highest BCUT2D eigenvalue weighted by molar-refractivity contribution is 6.00. The van der Waals surface area contributed by atoms with Crippen LogP contribution >= 0.6 is 0 Å². The molecule has 0 amide bonds. The van der Waals surface area contributed by atoms with E-state index in [1.807, 2.05) is 66.2 Å². The smallest absolute Gasteiger partial charge is 0.346 e. The number of benzene rings is 2. The van der Waals surface area contributed by atoms with Gasteiger partial charge in [0.1, 0.15) is 11.6 Å². The van der Waals surface area contributed by atoms with Crippen molar-refractivity contribution in [1.29, 1.82) is 5.26 Å². The van der Waals surface area contributed by atoms with Crippen LogP contribution in [-0.2, 0) is 4.79 Å². The normalized spacial score (nSPS) is 11.4. The van der Waals surface area contributed by atoms with Crippen LogP contribution in [0.5, 0.6) is 0 Å². The zero-order chi connectivity index (χ0) is 16.4. The highest BCUT2D eigenvalue weighted by atomic mass is 16.4. The lowest BCUT2D eigenvalue weighted by Crippen LogP contribution is -1.97. The van der Waals surface area contributed by atoms with Crippen LogP contribution in [0.15, 0.2) is 60.3 Å². The van der Waals surface area contributed by atoms with Crippen molar-refractivity contribution in [3.63, 3.8) is 0 Å². The molecule has 0 saturated carbocycles. The van der Waals surface area contributed by atoms with E-state index < -0.39 is 5.97 Å². The van der Waals surface area contributed by atoms with Gasteiger partial charge in [0.05, 0.1) is 5.52 Å². The molecule has 1 N–H and O–H groups in total. The zero-order valence-corrected chi connectivity index (χ0v) is 12.5. The predicted molar refractivity (Wildman–Crippen MR) is 89.2 cm³/mol. The van der Waals surface area contributed by atoms with Gasteiger partial charge in [0, 0.05) is 22.8 Å². The highest BCUT2D eigenvalue weighted by Gasteiger charge is 2.12. The van der Waals surface area contributed by atoms with Gasteiger partial charge in [0.15, 0.2) is 0 Å². The van der Waals surface area contributed by atoms with Crippen LogP contribution in [-0.4, -0.2) is 15.6 Å². The monoisotopic (exact) mass is 302 g/mol. The number of nitrogens with zero attached hydrogens (tertiary/aromatic N) is 2. The van der Waals surface area contributed by atoms with E-state index in [0.29, 0.717) is 5.56 Å². The lowest BCUT2D eigenvalue weighted by Gasteiger charge is -2.08. The number of nitriles is 1. The van der Waals surface area contributed by atoms with Gasteiger partial charge in [-0.25, -0.2) is 4.79 Å². The fraction of sp³-hybridized carbons (Fsp3) is 0.0526. The Morgan fingerprint density at radius 2 is 1.87 bits per heavy atom. The number of rotatable bonds is 3. The topological polar surface area (TPSA) is 66.0 Å². The minimum Gasteiger partial charge on any atom is -0.477 e. The SMILES string of the molecule is Cc1ccccc1-n1cc(/C=C(\C#N)C(=O)O)c2ccccc21. The van der Waals surface area contributed by atoms with E-state index in [1.54, 1.807) is 6.07 Å². The van der Waals surface area contributed by atoms with Crippen LogP contribution < -0.4 is 0 Å². The number of hydrogen-bond acceptors (Lipinski definition) is 2. The second-order valence-electron chi connectivity index (χ2n) is 5.23. The van der Waals surface area contributed by atoms with Gasteiger partial charge in [0.2, 0.25) is 0 Å². The molecule has 0 bridgehead atoms. The molecule has 0 aliphatic rings. The zero-order valence-electron chi connectivity index (χ0n) is 12.5. The van der Waals surface area contributed by atoms with Crippen molar-refractivity contribution < 1.29 is 9.90 Å². The lowest BCUT2D eigenvalue weighted by atomic mass is 10.1. The van der Waals surface area contributed by atoms with E-state index in [9.17, 15) is 4.79 Å². The number of carboxylic acids is 1. The molecular formula is C19H14N2O2. The Balaban J connectivity index is 2.29. The third-order valence-electron chi connectivity index (χ3n) is 3.77. The van der Waals surface area contributed by atoms with Crippen LogP contribution in [0, 0.1) is 18.3 Å². The van der Waals surface area contributed by atoms with Crippen molar-refractivity contribution in [2.75, 3.05) is 0 Å². The first-order valence-corrected chi connectivity index (χ1v) is 7.13. The lowest BCUT2D eigenvalue weighted by molar-refractivity contribution is -0.132. The Bertz CT molecular complexity index is 974. The molecule has 0 atom stereocenters.